The van der Waals surface area contributed by atoms with Gasteiger partial charge in [-0.05, 0) is 6.92 Å². The number of hydrogen-bond acceptors (Lipinski definition) is 4. The second-order valence-corrected chi connectivity index (χ2v) is 3.63. The summed E-state index contributed by atoms with van der Waals surface area (Å²) in [6.45, 7) is 4.74. The lowest BCUT2D eigenvalue weighted by atomic mass is 9.96. The quantitative estimate of drug-likeness (QED) is 0.586. The molecule has 1 fully saturated rings. The smallest absolute Gasteiger partial charge is 0.329 e. The average Bonchev–Trinajstić information content (AvgIpc) is 1.99. The summed E-state index contributed by atoms with van der Waals surface area (Å²) in [6, 6.07) is 0. The van der Waals surface area contributed by atoms with Gasteiger partial charge in [0.25, 0.3) is 0 Å². The minimum Gasteiger partial charge on any atom is -0.480 e. The first kappa shape index (κ1) is 10.4. The summed E-state index contributed by atoms with van der Waals surface area (Å²) in [4.78, 5) is 12.4. The summed E-state index contributed by atoms with van der Waals surface area (Å²) in [5, 5.41) is 8.41. The molecule has 13 heavy (non-hydrogen) atoms. The van der Waals surface area contributed by atoms with Gasteiger partial charge in [0.15, 0.2) is 0 Å². The van der Waals surface area contributed by atoms with Crippen molar-refractivity contribution in [3.8, 4) is 0 Å². The molecule has 0 aromatic rings. The van der Waals surface area contributed by atoms with Crippen LogP contribution < -0.4 is 5.73 Å². The number of likely N-dealkylation sites (tertiary alicyclic amines) is 1. The fourth-order valence-corrected chi connectivity index (χ4v) is 1.57. The molecule has 76 valence electrons. The minimum atomic E-state index is -0.918. The zero-order valence-electron chi connectivity index (χ0n) is 7.82. The van der Waals surface area contributed by atoms with Crippen LogP contribution in [0.3, 0.4) is 0 Å². The Morgan fingerprint density at radius 2 is 2.31 bits per heavy atom. The number of rotatable bonds is 5. The van der Waals surface area contributed by atoms with Gasteiger partial charge in [-0.15, -0.1) is 0 Å². The first-order valence-electron chi connectivity index (χ1n) is 4.34. The van der Waals surface area contributed by atoms with Crippen LogP contribution in [-0.4, -0.2) is 54.4 Å². The third-order valence-corrected chi connectivity index (χ3v) is 2.11. The first-order chi connectivity index (χ1) is 6.06. The highest BCUT2D eigenvalue weighted by Crippen LogP contribution is 2.23. The van der Waals surface area contributed by atoms with Crippen LogP contribution in [0, 0.1) is 0 Å². The summed E-state index contributed by atoms with van der Waals surface area (Å²) in [6.07, 6.45) is 0. The summed E-state index contributed by atoms with van der Waals surface area (Å²) in [7, 11) is 0. The van der Waals surface area contributed by atoms with Crippen molar-refractivity contribution in [2.24, 2.45) is 5.73 Å². The van der Waals surface area contributed by atoms with Gasteiger partial charge in [-0.1, -0.05) is 0 Å². The van der Waals surface area contributed by atoms with Gasteiger partial charge >= 0.3 is 5.97 Å². The Bertz CT molecular complexity index is 190. The van der Waals surface area contributed by atoms with E-state index < -0.39 is 5.97 Å². The molecular weight excluding hydrogens is 172 g/mol. The third kappa shape index (κ3) is 2.95. The molecule has 0 aromatic carbocycles. The Morgan fingerprint density at radius 3 is 2.77 bits per heavy atom. The Labute approximate surface area is 77.5 Å². The number of ether oxygens (including phenoxy) is 1. The monoisotopic (exact) mass is 188 g/mol. The van der Waals surface area contributed by atoms with E-state index >= 15 is 0 Å². The molecule has 1 aliphatic heterocycles. The van der Waals surface area contributed by atoms with Crippen molar-refractivity contribution < 1.29 is 14.6 Å². The van der Waals surface area contributed by atoms with Crippen LogP contribution in [0.15, 0.2) is 0 Å². The highest BCUT2D eigenvalue weighted by molar-refractivity contribution is 5.68. The second kappa shape index (κ2) is 4.04. The number of carboxylic acid groups (broad SMARTS) is 1. The molecule has 0 spiro atoms. The largest absolute Gasteiger partial charge is 0.480 e. The van der Waals surface area contributed by atoms with E-state index in [9.17, 15) is 4.79 Å². The standard InChI is InChI=1S/C8H16N2O3/c1-8(13-4-7(11)12)5-10(6-8)3-2-9/h2-6,9H2,1H3,(H,11,12). The number of aliphatic carboxylic acids is 1. The average molecular weight is 188 g/mol. The molecule has 5 nitrogen and oxygen atoms in total. The molecule has 0 aliphatic carbocycles. The van der Waals surface area contributed by atoms with E-state index in [1.165, 1.54) is 0 Å². The SMILES string of the molecule is CC1(OCC(=O)O)CN(CCN)C1. The maximum absolute atomic E-state index is 10.2. The number of nitrogens with zero attached hydrogens (tertiary/aromatic N) is 1. The molecular formula is C8H16N2O3. The summed E-state index contributed by atoms with van der Waals surface area (Å²) in [5.74, 6) is -0.918. The summed E-state index contributed by atoms with van der Waals surface area (Å²) in [5.41, 5.74) is 5.09. The zero-order chi connectivity index (χ0) is 9.90. The molecule has 1 heterocycles. The normalized spacial score (nSPS) is 21.1. The van der Waals surface area contributed by atoms with Crippen LogP contribution in [0.4, 0.5) is 0 Å². The van der Waals surface area contributed by atoms with Crippen LogP contribution >= 0.6 is 0 Å². The van der Waals surface area contributed by atoms with E-state index in [4.69, 9.17) is 15.6 Å². The lowest BCUT2D eigenvalue weighted by Gasteiger charge is -2.47. The van der Waals surface area contributed by atoms with E-state index in [1.807, 2.05) is 6.92 Å². The molecule has 3 N–H and O–H groups in total. The number of carbonyl (C=O) groups is 1. The first-order valence-corrected chi connectivity index (χ1v) is 4.34. The Hall–Kier alpha value is -0.650. The van der Waals surface area contributed by atoms with Crippen molar-refractivity contribution in [3.63, 3.8) is 0 Å². The predicted molar refractivity (Wildman–Crippen MR) is 47.5 cm³/mol. The molecule has 0 unspecified atom stereocenters. The highest BCUT2D eigenvalue weighted by Gasteiger charge is 2.39. The van der Waals surface area contributed by atoms with Gasteiger partial charge in [0.05, 0.1) is 5.60 Å². The van der Waals surface area contributed by atoms with Gasteiger partial charge < -0.3 is 15.6 Å². The minimum absolute atomic E-state index is 0.215. The maximum atomic E-state index is 10.2. The molecule has 1 saturated heterocycles. The zero-order valence-corrected chi connectivity index (χ0v) is 7.82. The molecule has 0 radical (unpaired) electrons. The highest BCUT2D eigenvalue weighted by atomic mass is 16.5. The van der Waals surface area contributed by atoms with E-state index in [2.05, 4.69) is 4.90 Å². The van der Waals surface area contributed by atoms with Gasteiger partial charge in [0.2, 0.25) is 0 Å². The van der Waals surface area contributed by atoms with E-state index in [0.717, 1.165) is 19.6 Å². The molecule has 0 atom stereocenters. The van der Waals surface area contributed by atoms with Gasteiger partial charge in [-0.3, -0.25) is 4.90 Å². The van der Waals surface area contributed by atoms with E-state index in [1.54, 1.807) is 0 Å². The van der Waals surface area contributed by atoms with Crippen molar-refractivity contribution >= 4 is 5.97 Å². The van der Waals surface area contributed by atoms with Gasteiger partial charge in [-0.25, -0.2) is 4.79 Å². The molecule has 0 bridgehead atoms. The van der Waals surface area contributed by atoms with Crippen LogP contribution in [0.25, 0.3) is 0 Å². The summed E-state index contributed by atoms with van der Waals surface area (Å²) < 4.78 is 5.22. The molecule has 1 aliphatic rings. The van der Waals surface area contributed by atoms with E-state index in [-0.39, 0.29) is 12.2 Å². The fraction of sp³-hybridized carbons (Fsp3) is 0.875. The van der Waals surface area contributed by atoms with Gasteiger partial charge in [0, 0.05) is 26.2 Å². The Kier molecular flexibility index (Phi) is 3.24. The molecule has 0 aromatic heterocycles. The van der Waals surface area contributed by atoms with Crippen LogP contribution in [0.1, 0.15) is 6.92 Å². The van der Waals surface area contributed by atoms with Crippen molar-refractivity contribution in [1.82, 2.24) is 4.90 Å². The van der Waals surface area contributed by atoms with Crippen LogP contribution in [0.5, 0.6) is 0 Å². The lowest BCUT2D eigenvalue weighted by molar-refractivity contribution is -0.164. The molecule has 5 heteroatoms. The summed E-state index contributed by atoms with van der Waals surface area (Å²) >= 11 is 0. The van der Waals surface area contributed by atoms with Crippen LogP contribution in [0.2, 0.25) is 0 Å². The van der Waals surface area contributed by atoms with E-state index in [0.29, 0.717) is 6.54 Å². The lowest BCUT2D eigenvalue weighted by Crippen LogP contribution is -2.62. The number of nitrogens with two attached hydrogens (primary N) is 1. The third-order valence-electron chi connectivity index (χ3n) is 2.11. The van der Waals surface area contributed by atoms with Gasteiger partial charge in [0.1, 0.15) is 6.61 Å². The Morgan fingerprint density at radius 1 is 1.69 bits per heavy atom. The molecule has 1 rings (SSSR count). The van der Waals surface area contributed by atoms with Crippen LogP contribution in [-0.2, 0) is 9.53 Å². The van der Waals surface area contributed by atoms with Crippen molar-refractivity contribution in [2.75, 3.05) is 32.8 Å². The topological polar surface area (TPSA) is 75.8 Å². The molecule has 0 amide bonds. The second-order valence-electron chi connectivity index (χ2n) is 3.63. The predicted octanol–water partition coefficient (Wildman–Crippen LogP) is -0.879. The maximum Gasteiger partial charge on any atom is 0.329 e. The van der Waals surface area contributed by atoms with Crippen molar-refractivity contribution in [3.05, 3.63) is 0 Å². The Balaban J connectivity index is 2.18. The molecule has 0 saturated carbocycles. The number of carboxylic acids is 1. The number of hydrogen-bond donors (Lipinski definition) is 2. The fourth-order valence-electron chi connectivity index (χ4n) is 1.57. The van der Waals surface area contributed by atoms with Crippen molar-refractivity contribution in [2.45, 2.75) is 12.5 Å². The van der Waals surface area contributed by atoms with Crippen molar-refractivity contribution in [1.29, 1.82) is 0 Å². The van der Waals surface area contributed by atoms with Gasteiger partial charge in [-0.2, -0.15) is 0 Å².